The molecular weight excluding hydrogens is 202 g/mol. The third kappa shape index (κ3) is 1.30. The highest BCUT2D eigenvalue weighted by Gasteiger charge is 2.07. The second-order valence-corrected chi connectivity index (χ2v) is 3.44. The lowest BCUT2D eigenvalue weighted by Crippen LogP contribution is -1.92. The lowest BCUT2D eigenvalue weighted by molar-refractivity contribution is 1.06. The molecule has 3 aromatic rings. The second-order valence-electron chi connectivity index (χ2n) is 3.44. The average Bonchev–Trinajstić information content (AvgIpc) is 2.76. The molecule has 2 aromatic heterocycles. The summed E-state index contributed by atoms with van der Waals surface area (Å²) in [4.78, 5) is 7.56. The van der Waals surface area contributed by atoms with E-state index in [1.165, 1.54) is 0 Å². The number of imidazole rings is 1. The van der Waals surface area contributed by atoms with Gasteiger partial charge in [-0.25, -0.2) is 4.98 Å². The maximum atomic E-state index is 5.69. The number of nitrogens with two attached hydrogens (primary N) is 1. The zero-order chi connectivity index (χ0) is 11.0. The fourth-order valence-electron chi connectivity index (χ4n) is 1.60. The summed E-state index contributed by atoms with van der Waals surface area (Å²) in [5.41, 5.74) is 8.16. The van der Waals surface area contributed by atoms with Crippen LogP contribution in [0.15, 0.2) is 36.5 Å². The van der Waals surface area contributed by atoms with E-state index < -0.39 is 0 Å². The summed E-state index contributed by atoms with van der Waals surface area (Å²) in [5.74, 6) is 1.12. The van der Waals surface area contributed by atoms with Crippen LogP contribution in [0.5, 0.6) is 0 Å². The molecule has 1 aromatic carbocycles. The molecule has 0 aliphatic heterocycles. The van der Waals surface area contributed by atoms with Gasteiger partial charge in [0.05, 0.1) is 11.7 Å². The van der Waals surface area contributed by atoms with Crippen molar-refractivity contribution in [3.63, 3.8) is 0 Å². The molecule has 78 valence electrons. The summed E-state index contributed by atoms with van der Waals surface area (Å²) < 4.78 is 0. The van der Waals surface area contributed by atoms with Gasteiger partial charge in [-0.2, -0.15) is 5.10 Å². The van der Waals surface area contributed by atoms with Crippen molar-refractivity contribution < 1.29 is 0 Å². The molecular formula is C11H9N5. The first-order valence-electron chi connectivity index (χ1n) is 4.87. The number of aromatic amines is 1. The van der Waals surface area contributed by atoms with Crippen LogP contribution in [-0.2, 0) is 0 Å². The minimum Gasteiger partial charge on any atom is -0.380 e. The van der Waals surface area contributed by atoms with Gasteiger partial charge in [0.15, 0.2) is 5.82 Å². The van der Waals surface area contributed by atoms with Crippen molar-refractivity contribution in [2.24, 2.45) is 0 Å². The van der Waals surface area contributed by atoms with Gasteiger partial charge in [-0.05, 0) is 0 Å². The zero-order valence-corrected chi connectivity index (χ0v) is 8.38. The first-order valence-corrected chi connectivity index (χ1v) is 4.87. The molecule has 5 nitrogen and oxygen atoms in total. The van der Waals surface area contributed by atoms with E-state index >= 15 is 0 Å². The summed E-state index contributed by atoms with van der Waals surface area (Å²) in [5, 5.41) is 7.53. The molecule has 0 aliphatic rings. The molecule has 3 N–H and O–H groups in total. The monoisotopic (exact) mass is 211 g/mol. The molecule has 0 unspecified atom stereocenters. The zero-order valence-electron chi connectivity index (χ0n) is 8.38. The molecule has 0 fully saturated rings. The molecule has 0 amide bonds. The van der Waals surface area contributed by atoms with Crippen molar-refractivity contribution in [3.05, 3.63) is 36.5 Å². The molecule has 0 spiro atoms. The average molecular weight is 211 g/mol. The van der Waals surface area contributed by atoms with Crippen molar-refractivity contribution >= 4 is 16.9 Å². The molecule has 2 heterocycles. The number of anilines is 1. The van der Waals surface area contributed by atoms with Gasteiger partial charge in [0.2, 0.25) is 0 Å². The Morgan fingerprint density at radius 1 is 1.12 bits per heavy atom. The van der Waals surface area contributed by atoms with Crippen molar-refractivity contribution in [2.45, 2.75) is 0 Å². The van der Waals surface area contributed by atoms with Gasteiger partial charge < -0.3 is 10.7 Å². The van der Waals surface area contributed by atoms with Crippen LogP contribution in [-0.4, -0.2) is 20.2 Å². The largest absolute Gasteiger partial charge is 0.380 e. The Kier molecular flexibility index (Phi) is 1.83. The summed E-state index contributed by atoms with van der Waals surface area (Å²) in [6.45, 7) is 0. The second kappa shape index (κ2) is 3.30. The first-order chi connectivity index (χ1) is 7.84. The van der Waals surface area contributed by atoms with Crippen LogP contribution in [0.25, 0.3) is 22.4 Å². The Bertz CT molecular complexity index is 629. The first kappa shape index (κ1) is 8.84. The summed E-state index contributed by atoms with van der Waals surface area (Å²) in [6.07, 6.45) is 1.62. The van der Waals surface area contributed by atoms with E-state index in [0.717, 1.165) is 16.9 Å². The number of hydrogen-bond donors (Lipinski definition) is 2. The molecule has 0 atom stereocenters. The molecule has 0 aliphatic carbocycles. The highest BCUT2D eigenvalue weighted by molar-refractivity contribution is 5.86. The van der Waals surface area contributed by atoms with Crippen LogP contribution in [0.4, 0.5) is 5.82 Å². The highest BCUT2D eigenvalue weighted by atomic mass is 15.1. The smallest absolute Gasteiger partial charge is 0.174 e. The number of nitrogen functional groups attached to an aromatic ring is 1. The Morgan fingerprint density at radius 2 is 1.94 bits per heavy atom. The van der Waals surface area contributed by atoms with Crippen LogP contribution >= 0.6 is 0 Å². The summed E-state index contributed by atoms with van der Waals surface area (Å²) in [7, 11) is 0. The lowest BCUT2D eigenvalue weighted by atomic mass is 10.2. The number of aromatic nitrogens is 4. The van der Waals surface area contributed by atoms with Crippen LogP contribution in [0, 0.1) is 0 Å². The molecule has 16 heavy (non-hydrogen) atoms. The lowest BCUT2D eigenvalue weighted by Gasteiger charge is -1.93. The molecule has 0 saturated carbocycles. The summed E-state index contributed by atoms with van der Waals surface area (Å²) >= 11 is 0. The Hall–Kier alpha value is -2.43. The molecule has 0 radical (unpaired) electrons. The van der Waals surface area contributed by atoms with Gasteiger partial charge in [0, 0.05) is 5.56 Å². The van der Waals surface area contributed by atoms with E-state index in [9.17, 15) is 0 Å². The third-order valence-corrected chi connectivity index (χ3v) is 2.37. The number of hydrogen-bond acceptors (Lipinski definition) is 4. The van der Waals surface area contributed by atoms with Gasteiger partial charge in [-0.1, -0.05) is 30.3 Å². The van der Waals surface area contributed by atoms with Crippen LogP contribution in [0.3, 0.4) is 0 Å². The van der Waals surface area contributed by atoms with Gasteiger partial charge in [0.25, 0.3) is 0 Å². The summed E-state index contributed by atoms with van der Waals surface area (Å²) in [6, 6.07) is 9.85. The van der Waals surface area contributed by atoms with E-state index in [2.05, 4.69) is 20.2 Å². The maximum absolute atomic E-state index is 5.69. The Balaban J connectivity index is 2.23. The van der Waals surface area contributed by atoms with Crippen LogP contribution in [0.1, 0.15) is 0 Å². The number of fused-ring (bicyclic) bond motifs is 1. The number of benzene rings is 1. The van der Waals surface area contributed by atoms with Gasteiger partial charge in [0.1, 0.15) is 11.3 Å². The highest BCUT2D eigenvalue weighted by Crippen LogP contribution is 2.21. The SMILES string of the molecule is Nc1nncc2[nH]c(-c3ccccc3)nc12. The standard InChI is InChI=1S/C11H9N5/c12-10-9-8(6-13-16-10)14-11(15-9)7-4-2-1-3-5-7/h1-6H,(H2,12,16)(H,14,15). The fraction of sp³-hybridized carbons (Fsp3) is 0. The number of nitrogens with one attached hydrogen (secondary N) is 1. The van der Waals surface area contributed by atoms with Gasteiger partial charge in [-0.3, -0.25) is 0 Å². The minimum atomic E-state index is 0.343. The van der Waals surface area contributed by atoms with Crippen LogP contribution < -0.4 is 5.73 Å². The molecule has 3 rings (SSSR count). The third-order valence-electron chi connectivity index (χ3n) is 2.37. The molecule has 0 bridgehead atoms. The topological polar surface area (TPSA) is 80.5 Å². The van der Waals surface area contributed by atoms with Gasteiger partial charge >= 0.3 is 0 Å². The fourth-order valence-corrected chi connectivity index (χ4v) is 1.60. The number of nitrogens with zero attached hydrogens (tertiary/aromatic N) is 3. The van der Waals surface area contributed by atoms with Crippen molar-refractivity contribution in [1.82, 2.24) is 20.2 Å². The molecule has 0 saturated heterocycles. The van der Waals surface area contributed by atoms with E-state index in [4.69, 9.17) is 5.73 Å². The number of H-pyrrole nitrogens is 1. The quantitative estimate of drug-likeness (QED) is 0.640. The van der Waals surface area contributed by atoms with E-state index in [-0.39, 0.29) is 0 Å². The van der Waals surface area contributed by atoms with E-state index in [1.807, 2.05) is 30.3 Å². The Morgan fingerprint density at radius 3 is 2.69 bits per heavy atom. The minimum absolute atomic E-state index is 0.343. The van der Waals surface area contributed by atoms with Gasteiger partial charge in [-0.15, -0.1) is 5.10 Å². The van der Waals surface area contributed by atoms with Crippen molar-refractivity contribution in [3.8, 4) is 11.4 Å². The van der Waals surface area contributed by atoms with Crippen molar-refractivity contribution in [2.75, 3.05) is 5.73 Å². The predicted molar refractivity (Wildman–Crippen MR) is 61.5 cm³/mol. The predicted octanol–water partition coefficient (Wildman–Crippen LogP) is 1.60. The number of rotatable bonds is 1. The van der Waals surface area contributed by atoms with E-state index in [0.29, 0.717) is 11.3 Å². The van der Waals surface area contributed by atoms with Crippen LogP contribution in [0.2, 0.25) is 0 Å². The Labute approximate surface area is 91.3 Å². The molecule has 5 heteroatoms. The normalized spacial score (nSPS) is 10.8. The van der Waals surface area contributed by atoms with E-state index in [1.54, 1.807) is 6.20 Å². The maximum Gasteiger partial charge on any atom is 0.174 e. The van der Waals surface area contributed by atoms with Crippen molar-refractivity contribution in [1.29, 1.82) is 0 Å².